The van der Waals surface area contributed by atoms with E-state index in [9.17, 15) is 13.2 Å². The quantitative estimate of drug-likeness (QED) is 0.542. The Morgan fingerprint density at radius 1 is 1.16 bits per heavy atom. The van der Waals surface area contributed by atoms with E-state index in [1.807, 2.05) is 0 Å². The Bertz CT molecular complexity index is 936. The Hall–Kier alpha value is -1.91. The third-order valence-corrected chi connectivity index (χ3v) is 6.49. The molecular formula is C20H27Cl2N3O5S. The van der Waals surface area contributed by atoms with Crippen molar-refractivity contribution in [3.05, 3.63) is 48.2 Å². The number of methoxy groups -OCH3 is 1. The molecule has 2 heterocycles. The maximum atomic E-state index is 12.8. The summed E-state index contributed by atoms with van der Waals surface area (Å²) in [7, 11) is -2.24. The number of rotatable bonds is 8. The number of aromatic nitrogens is 1. The van der Waals surface area contributed by atoms with Crippen LogP contribution in [0.1, 0.15) is 24.8 Å². The molecule has 172 valence electrons. The van der Waals surface area contributed by atoms with Gasteiger partial charge in [-0.3, -0.25) is 4.79 Å². The highest BCUT2D eigenvalue weighted by Gasteiger charge is 2.20. The number of hydroxylamine groups is 1. The molecule has 1 aromatic heterocycles. The molecule has 0 amide bonds. The number of pyridine rings is 1. The number of ether oxygens (including phenoxy) is 1. The molecule has 0 spiro atoms. The van der Waals surface area contributed by atoms with Crippen molar-refractivity contribution in [1.29, 1.82) is 0 Å². The molecule has 0 saturated carbocycles. The topological polar surface area (TPSA) is 107 Å². The molecular weight excluding hydrogens is 465 g/mol. The van der Waals surface area contributed by atoms with Gasteiger partial charge in [0.15, 0.2) is 5.03 Å². The fraction of sp³-hybridized carbons (Fsp3) is 0.400. The van der Waals surface area contributed by atoms with E-state index in [1.165, 1.54) is 31.5 Å². The minimum absolute atomic E-state index is 0. The van der Waals surface area contributed by atoms with E-state index in [0.717, 1.165) is 25.9 Å². The highest BCUT2D eigenvalue weighted by molar-refractivity contribution is 7.91. The van der Waals surface area contributed by atoms with Crippen LogP contribution in [0, 0.1) is 5.92 Å². The third-order valence-electron chi connectivity index (χ3n) is 4.82. The molecule has 0 aliphatic carbocycles. The van der Waals surface area contributed by atoms with Gasteiger partial charge in [-0.2, -0.15) is 0 Å². The lowest BCUT2D eigenvalue weighted by Gasteiger charge is -2.21. The van der Waals surface area contributed by atoms with E-state index >= 15 is 0 Å². The van der Waals surface area contributed by atoms with E-state index < -0.39 is 9.84 Å². The van der Waals surface area contributed by atoms with Crippen molar-refractivity contribution in [2.45, 2.75) is 35.7 Å². The molecule has 0 radical (unpaired) electrons. The molecule has 2 aromatic rings. The summed E-state index contributed by atoms with van der Waals surface area (Å²) in [6, 6.07) is 9.25. The molecule has 1 saturated heterocycles. The first-order chi connectivity index (χ1) is 14.0. The van der Waals surface area contributed by atoms with Gasteiger partial charge in [0, 0.05) is 6.20 Å². The van der Waals surface area contributed by atoms with Crippen LogP contribution in [-0.4, -0.2) is 39.6 Å². The van der Waals surface area contributed by atoms with E-state index in [-0.39, 0.29) is 47.2 Å². The molecule has 1 aliphatic rings. The van der Waals surface area contributed by atoms with Crippen LogP contribution in [0.4, 0.5) is 0 Å². The summed E-state index contributed by atoms with van der Waals surface area (Å²) >= 11 is 0. The van der Waals surface area contributed by atoms with Crippen molar-refractivity contribution in [3.63, 3.8) is 0 Å². The second-order valence-corrected chi connectivity index (χ2v) is 8.77. The summed E-state index contributed by atoms with van der Waals surface area (Å²) in [5.74, 6) is 0.603. The molecule has 3 rings (SSSR count). The average molecular weight is 492 g/mol. The molecule has 2 N–H and O–H groups in total. The van der Waals surface area contributed by atoms with Gasteiger partial charge >= 0.3 is 5.97 Å². The number of benzene rings is 1. The number of hydrogen-bond acceptors (Lipinski definition) is 8. The molecule has 0 unspecified atom stereocenters. The third kappa shape index (κ3) is 7.62. The fourth-order valence-corrected chi connectivity index (χ4v) is 4.39. The monoisotopic (exact) mass is 491 g/mol. The van der Waals surface area contributed by atoms with Crippen molar-refractivity contribution in [2.75, 3.05) is 20.2 Å². The Kier molecular flexibility index (Phi) is 11.2. The van der Waals surface area contributed by atoms with Gasteiger partial charge in [0.25, 0.3) is 0 Å². The largest absolute Gasteiger partial charge is 0.497 e. The minimum Gasteiger partial charge on any atom is -0.497 e. The number of piperidine rings is 1. The zero-order valence-electron chi connectivity index (χ0n) is 17.1. The Morgan fingerprint density at radius 2 is 1.84 bits per heavy atom. The lowest BCUT2D eigenvalue weighted by Crippen LogP contribution is -2.30. The van der Waals surface area contributed by atoms with Crippen LogP contribution < -0.4 is 15.5 Å². The van der Waals surface area contributed by atoms with Crippen LogP contribution in [0.5, 0.6) is 5.75 Å². The lowest BCUT2D eigenvalue weighted by molar-refractivity contribution is -0.152. The van der Waals surface area contributed by atoms with Gasteiger partial charge in [-0.1, -0.05) is 0 Å². The summed E-state index contributed by atoms with van der Waals surface area (Å²) in [6.45, 7) is 2.04. The van der Waals surface area contributed by atoms with Gasteiger partial charge in [-0.15, -0.1) is 30.3 Å². The first-order valence-electron chi connectivity index (χ1n) is 9.46. The van der Waals surface area contributed by atoms with Crippen LogP contribution in [0.25, 0.3) is 0 Å². The first-order valence-corrected chi connectivity index (χ1v) is 10.9. The average Bonchev–Trinajstić information content (AvgIpc) is 2.75. The molecule has 1 fully saturated rings. The van der Waals surface area contributed by atoms with Gasteiger partial charge in [-0.05, 0) is 73.8 Å². The highest BCUT2D eigenvalue weighted by Crippen LogP contribution is 2.22. The predicted octanol–water partition coefficient (Wildman–Crippen LogP) is 2.70. The number of hydrogen-bond donors (Lipinski definition) is 2. The van der Waals surface area contributed by atoms with Gasteiger partial charge in [0.1, 0.15) is 5.75 Å². The van der Waals surface area contributed by atoms with Crippen LogP contribution in [0.3, 0.4) is 0 Å². The zero-order chi connectivity index (χ0) is 20.7. The molecule has 0 atom stereocenters. The van der Waals surface area contributed by atoms with Crippen LogP contribution in [0.2, 0.25) is 0 Å². The SMILES string of the molecule is COc1ccc(S(=O)(=O)c2cc(CNOC(=O)CC3CCNCC3)ccn2)cc1.Cl.Cl. The standard InChI is InChI=1S/C20H25N3O5S.2ClH/c1-27-17-2-4-18(5-3-17)29(25,26)19-12-16(8-11-22-19)14-23-28-20(24)13-15-6-9-21-10-7-15;;/h2-5,8,11-12,15,21,23H,6-7,9-10,13-14H2,1H3;2*1H. The molecule has 1 aliphatic heterocycles. The van der Waals surface area contributed by atoms with Crippen LogP contribution >= 0.6 is 24.8 Å². The first kappa shape index (κ1) is 27.1. The normalized spacial score (nSPS) is 14.1. The van der Waals surface area contributed by atoms with Gasteiger partial charge < -0.3 is 14.9 Å². The molecule has 8 nitrogen and oxygen atoms in total. The Morgan fingerprint density at radius 3 is 2.48 bits per heavy atom. The van der Waals surface area contributed by atoms with E-state index in [4.69, 9.17) is 9.57 Å². The number of sulfone groups is 1. The fourth-order valence-electron chi connectivity index (χ4n) is 3.15. The Balaban J connectivity index is 0.00000240. The molecule has 11 heteroatoms. The van der Waals surface area contributed by atoms with Crippen molar-refractivity contribution in [1.82, 2.24) is 15.8 Å². The molecule has 1 aromatic carbocycles. The van der Waals surface area contributed by atoms with E-state index in [2.05, 4.69) is 15.8 Å². The molecule has 31 heavy (non-hydrogen) atoms. The Labute approximate surface area is 194 Å². The van der Waals surface area contributed by atoms with Gasteiger partial charge in [0.05, 0.1) is 25.0 Å². The summed E-state index contributed by atoms with van der Waals surface area (Å²) in [6.07, 6.45) is 3.73. The number of nitrogens with zero attached hydrogens (tertiary/aromatic N) is 1. The number of halogens is 2. The van der Waals surface area contributed by atoms with Crippen molar-refractivity contribution in [2.24, 2.45) is 5.92 Å². The summed E-state index contributed by atoms with van der Waals surface area (Å²) in [5, 5.41) is 3.19. The molecule has 0 bridgehead atoms. The predicted molar refractivity (Wildman–Crippen MR) is 120 cm³/mol. The second kappa shape index (κ2) is 12.8. The van der Waals surface area contributed by atoms with Crippen LogP contribution in [-0.2, 0) is 26.0 Å². The zero-order valence-corrected chi connectivity index (χ0v) is 19.5. The summed E-state index contributed by atoms with van der Waals surface area (Å²) in [4.78, 5) is 21.2. The van der Waals surface area contributed by atoms with Crippen molar-refractivity contribution in [3.8, 4) is 5.75 Å². The number of carbonyl (C=O) groups excluding carboxylic acids is 1. The number of nitrogens with one attached hydrogen (secondary N) is 2. The van der Waals surface area contributed by atoms with Gasteiger partial charge in [-0.25, -0.2) is 13.4 Å². The van der Waals surface area contributed by atoms with Gasteiger partial charge in [0.2, 0.25) is 9.84 Å². The summed E-state index contributed by atoms with van der Waals surface area (Å²) < 4.78 is 30.6. The number of carbonyl (C=O) groups is 1. The second-order valence-electron chi connectivity index (χ2n) is 6.87. The maximum absolute atomic E-state index is 12.8. The minimum atomic E-state index is -3.76. The van der Waals surface area contributed by atoms with E-state index in [1.54, 1.807) is 18.2 Å². The van der Waals surface area contributed by atoms with Crippen molar-refractivity contribution >= 4 is 40.6 Å². The van der Waals surface area contributed by atoms with Crippen LogP contribution in [0.15, 0.2) is 52.5 Å². The lowest BCUT2D eigenvalue weighted by atomic mass is 9.95. The van der Waals surface area contributed by atoms with E-state index in [0.29, 0.717) is 23.7 Å². The maximum Gasteiger partial charge on any atom is 0.325 e. The van der Waals surface area contributed by atoms with Crippen molar-refractivity contribution < 1.29 is 22.8 Å². The summed E-state index contributed by atoms with van der Waals surface area (Å²) in [5.41, 5.74) is 3.26. The smallest absolute Gasteiger partial charge is 0.325 e. The highest BCUT2D eigenvalue weighted by atomic mass is 35.5.